The molecule has 1 atom stereocenters. The Kier molecular flexibility index (Phi) is 10.7. The van der Waals surface area contributed by atoms with Crippen LogP contribution in [0.15, 0.2) is 71.6 Å². The Morgan fingerprint density at radius 3 is 2.21 bits per heavy atom. The minimum Gasteiger partial charge on any atom is -0.495 e. The van der Waals surface area contributed by atoms with Crippen LogP contribution in [0.25, 0.3) is 0 Å². The van der Waals surface area contributed by atoms with E-state index in [1.165, 1.54) is 24.1 Å². The summed E-state index contributed by atoms with van der Waals surface area (Å²) in [5.74, 6) is -0.489. The van der Waals surface area contributed by atoms with E-state index in [0.717, 1.165) is 53.1 Å². The highest BCUT2D eigenvalue weighted by Gasteiger charge is 2.34. The molecular formula is C33H40ClN3O5S. The molecule has 8 nitrogen and oxygen atoms in total. The average molecular weight is 626 g/mol. The van der Waals surface area contributed by atoms with Crippen LogP contribution in [0.3, 0.4) is 0 Å². The molecule has 0 heterocycles. The molecule has 0 unspecified atom stereocenters. The molecule has 1 aliphatic carbocycles. The van der Waals surface area contributed by atoms with Crippen molar-refractivity contribution in [3.63, 3.8) is 0 Å². The van der Waals surface area contributed by atoms with Crippen molar-refractivity contribution in [2.75, 3.05) is 18.0 Å². The number of halogens is 1. The highest BCUT2D eigenvalue weighted by molar-refractivity contribution is 7.92. The summed E-state index contributed by atoms with van der Waals surface area (Å²) in [5.41, 5.74) is 2.70. The SMILES string of the molecule is COc1ccc(C)cc1N(CC(=O)N(Cc1ccc(Cl)cc1)[C@@H](C)C(=O)NC1CCCCC1)S(=O)(=O)c1ccc(C)cc1. The second kappa shape index (κ2) is 14.3. The second-order valence-corrected chi connectivity index (χ2v) is 13.5. The Morgan fingerprint density at radius 2 is 1.58 bits per heavy atom. The van der Waals surface area contributed by atoms with Gasteiger partial charge < -0.3 is 15.0 Å². The van der Waals surface area contributed by atoms with Gasteiger partial charge in [-0.3, -0.25) is 13.9 Å². The number of nitrogens with zero attached hydrogens (tertiary/aromatic N) is 2. The molecule has 3 aromatic carbocycles. The van der Waals surface area contributed by atoms with E-state index < -0.39 is 28.5 Å². The van der Waals surface area contributed by atoms with Crippen LogP contribution in [0.1, 0.15) is 55.7 Å². The first-order valence-electron chi connectivity index (χ1n) is 14.6. The van der Waals surface area contributed by atoms with Gasteiger partial charge in [0.1, 0.15) is 18.3 Å². The lowest BCUT2D eigenvalue weighted by Crippen LogP contribution is -2.53. The first-order chi connectivity index (χ1) is 20.5. The fourth-order valence-corrected chi connectivity index (χ4v) is 6.83. The number of hydrogen-bond acceptors (Lipinski definition) is 5. The van der Waals surface area contributed by atoms with E-state index in [-0.39, 0.29) is 29.1 Å². The minimum absolute atomic E-state index is 0.0433. The van der Waals surface area contributed by atoms with Gasteiger partial charge in [-0.05, 0) is 81.1 Å². The van der Waals surface area contributed by atoms with Crippen LogP contribution in [0.5, 0.6) is 5.75 Å². The van der Waals surface area contributed by atoms with E-state index >= 15 is 0 Å². The Balaban J connectivity index is 1.72. The molecule has 0 radical (unpaired) electrons. The molecule has 3 aromatic rings. The Labute approximate surface area is 260 Å². The molecule has 1 N–H and O–H groups in total. The molecule has 1 aliphatic rings. The molecule has 0 spiro atoms. The van der Waals surface area contributed by atoms with E-state index in [1.807, 2.05) is 19.9 Å². The zero-order valence-electron chi connectivity index (χ0n) is 25.2. The average Bonchev–Trinajstić information content (AvgIpc) is 2.99. The normalized spacial score (nSPS) is 14.5. The lowest BCUT2D eigenvalue weighted by atomic mass is 9.95. The van der Waals surface area contributed by atoms with E-state index in [9.17, 15) is 18.0 Å². The quantitative estimate of drug-likeness (QED) is 0.281. The smallest absolute Gasteiger partial charge is 0.264 e. The number of nitrogens with one attached hydrogen (secondary N) is 1. The molecule has 4 rings (SSSR count). The number of carbonyl (C=O) groups is 2. The van der Waals surface area contributed by atoms with Gasteiger partial charge in [0.05, 0.1) is 17.7 Å². The number of anilines is 1. The molecule has 0 saturated heterocycles. The zero-order valence-corrected chi connectivity index (χ0v) is 26.7. The Bertz CT molecular complexity index is 1520. The number of sulfonamides is 1. The highest BCUT2D eigenvalue weighted by atomic mass is 35.5. The fourth-order valence-electron chi connectivity index (χ4n) is 5.28. The molecule has 1 saturated carbocycles. The number of methoxy groups -OCH3 is 1. The number of rotatable bonds is 11. The van der Waals surface area contributed by atoms with Gasteiger partial charge in [0.15, 0.2) is 0 Å². The Hall–Kier alpha value is -3.56. The molecule has 2 amide bonds. The summed E-state index contributed by atoms with van der Waals surface area (Å²) < 4.78 is 34.9. The predicted molar refractivity (Wildman–Crippen MR) is 170 cm³/mol. The fraction of sp³-hybridized carbons (Fsp3) is 0.394. The topological polar surface area (TPSA) is 96.0 Å². The predicted octanol–water partition coefficient (Wildman–Crippen LogP) is 6.03. The lowest BCUT2D eigenvalue weighted by Gasteiger charge is -2.33. The van der Waals surface area contributed by atoms with Crippen molar-refractivity contribution in [3.8, 4) is 5.75 Å². The molecule has 10 heteroatoms. The largest absolute Gasteiger partial charge is 0.495 e. The first kappa shape index (κ1) is 32.4. The molecule has 43 heavy (non-hydrogen) atoms. The maximum absolute atomic E-state index is 14.2. The second-order valence-electron chi connectivity index (χ2n) is 11.2. The van der Waals surface area contributed by atoms with Crippen molar-refractivity contribution in [3.05, 3.63) is 88.4 Å². The van der Waals surface area contributed by atoms with Crippen LogP contribution < -0.4 is 14.4 Å². The minimum atomic E-state index is -4.21. The van der Waals surface area contributed by atoms with Gasteiger partial charge >= 0.3 is 0 Å². The monoisotopic (exact) mass is 625 g/mol. The number of hydrogen-bond donors (Lipinski definition) is 1. The summed E-state index contributed by atoms with van der Waals surface area (Å²) in [4.78, 5) is 29.2. The van der Waals surface area contributed by atoms with Gasteiger partial charge in [-0.15, -0.1) is 0 Å². The molecule has 0 bridgehead atoms. The maximum Gasteiger partial charge on any atom is 0.264 e. The van der Waals surface area contributed by atoms with Crippen LogP contribution in [-0.2, 0) is 26.2 Å². The van der Waals surface area contributed by atoms with Gasteiger partial charge in [0.25, 0.3) is 10.0 Å². The third-order valence-corrected chi connectivity index (χ3v) is 9.90. The number of benzene rings is 3. The van der Waals surface area contributed by atoms with E-state index in [2.05, 4.69) is 5.32 Å². The van der Waals surface area contributed by atoms with Gasteiger partial charge in [-0.25, -0.2) is 8.42 Å². The molecule has 230 valence electrons. The number of amides is 2. The van der Waals surface area contributed by atoms with E-state index in [1.54, 1.807) is 55.5 Å². The van der Waals surface area contributed by atoms with Crippen molar-refractivity contribution < 1.29 is 22.7 Å². The summed E-state index contributed by atoms with van der Waals surface area (Å²) in [7, 11) is -2.75. The summed E-state index contributed by atoms with van der Waals surface area (Å²) in [6.07, 6.45) is 5.06. The van der Waals surface area contributed by atoms with E-state index in [4.69, 9.17) is 16.3 Å². The van der Waals surface area contributed by atoms with Crippen molar-refractivity contribution in [1.82, 2.24) is 10.2 Å². The summed E-state index contributed by atoms with van der Waals surface area (Å²) in [6, 6.07) is 17.9. The van der Waals surface area contributed by atoms with Crippen molar-refractivity contribution >= 4 is 39.1 Å². The van der Waals surface area contributed by atoms with Crippen LogP contribution >= 0.6 is 11.6 Å². The Morgan fingerprint density at radius 1 is 0.953 bits per heavy atom. The molecule has 0 aromatic heterocycles. The third-order valence-electron chi connectivity index (χ3n) is 7.88. The molecular weight excluding hydrogens is 586 g/mol. The summed E-state index contributed by atoms with van der Waals surface area (Å²) >= 11 is 6.10. The van der Waals surface area contributed by atoms with Crippen molar-refractivity contribution in [2.24, 2.45) is 0 Å². The number of aryl methyl sites for hydroxylation is 2. The van der Waals surface area contributed by atoms with E-state index in [0.29, 0.717) is 10.8 Å². The van der Waals surface area contributed by atoms with Crippen molar-refractivity contribution in [1.29, 1.82) is 0 Å². The first-order valence-corrected chi connectivity index (χ1v) is 16.4. The summed E-state index contributed by atoms with van der Waals surface area (Å²) in [6.45, 7) is 4.95. The lowest BCUT2D eigenvalue weighted by molar-refractivity contribution is -0.139. The van der Waals surface area contributed by atoms with Crippen LogP contribution in [0.2, 0.25) is 5.02 Å². The van der Waals surface area contributed by atoms with Gasteiger partial charge in [0, 0.05) is 17.6 Å². The third kappa shape index (κ3) is 8.09. The highest BCUT2D eigenvalue weighted by Crippen LogP contribution is 2.34. The van der Waals surface area contributed by atoms with Gasteiger partial charge in [-0.2, -0.15) is 0 Å². The molecule has 1 fully saturated rings. The van der Waals surface area contributed by atoms with Crippen LogP contribution in [0.4, 0.5) is 5.69 Å². The maximum atomic E-state index is 14.2. The summed E-state index contributed by atoms with van der Waals surface area (Å²) in [5, 5.41) is 3.66. The van der Waals surface area contributed by atoms with Crippen LogP contribution in [-0.4, -0.2) is 50.9 Å². The zero-order chi connectivity index (χ0) is 31.1. The standard InChI is InChI=1S/C33H40ClN3O5S/c1-23-10-17-29(18-11-23)43(40,41)37(30-20-24(2)12-19-31(30)42-4)22-32(38)36(21-26-13-15-27(34)16-14-26)25(3)33(39)35-28-8-6-5-7-9-28/h10-20,25,28H,5-9,21-22H2,1-4H3,(H,35,39)/t25-/m0/s1. The number of ether oxygens (including phenoxy) is 1. The molecule has 0 aliphatic heterocycles. The van der Waals surface area contributed by atoms with Crippen LogP contribution in [0, 0.1) is 13.8 Å². The van der Waals surface area contributed by atoms with Gasteiger partial charge in [0.2, 0.25) is 11.8 Å². The van der Waals surface area contributed by atoms with Crippen molar-refractivity contribution in [2.45, 2.75) is 76.4 Å². The number of carbonyl (C=O) groups excluding carboxylic acids is 2. The van der Waals surface area contributed by atoms with Gasteiger partial charge in [-0.1, -0.05) is 66.8 Å².